The average Bonchev–Trinajstić information content (AvgIpc) is 2.64. The highest BCUT2D eigenvalue weighted by molar-refractivity contribution is 7.86. The fraction of sp³-hybridized carbons (Fsp3) is 0.222. The van der Waals surface area contributed by atoms with Gasteiger partial charge in [-0.1, -0.05) is 0 Å². The molecule has 0 atom stereocenters. The van der Waals surface area contributed by atoms with Crippen molar-refractivity contribution in [3.05, 3.63) is 47.5 Å². The summed E-state index contributed by atoms with van der Waals surface area (Å²) in [4.78, 5) is 7.47. The molecule has 12 heteroatoms. The zero-order valence-corrected chi connectivity index (χ0v) is 17.2. The largest absolute Gasteiger partial charge is 0.507 e. The Morgan fingerprint density at radius 1 is 0.700 bits per heavy atom. The molecular formula is C18H20N2O8S2. The number of phenols is 2. The lowest BCUT2D eigenvalue weighted by Gasteiger charge is -2.02. The maximum absolute atomic E-state index is 11.1. The molecule has 0 amide bonds. The van der Waals surface area contributed by atoms with Gasteiger partial charge >= 0.3 is 0 Å². The van der Waals surface area contributed by atoms with Gasteiger partial charge in [-0.3, -0.25) is 19.1 Å². The Morgan fingerprint density at radius 2 is 1.07 bits per heavy atom. The topological polar surface area (TPSA) is 174 Å². The maximum Gasteiger partial charge on any atom is 0.294 e. The van der Waals surface area contributed by atoms with Gasteiger partial charge in [-0.05, 0) is 49.2 Å². The second-order valence-corrected chi connectivity index (χ2v) is 9.01. The Kier molecular flexibility index (Phi) is 7.67. The van der Waals surface area contributed by atoms with Crippen molar-refractivity contribution >= 4 is 32.7 Å². The summed E-state index contributed by atoms with van der Waals surface area (Å²) >= 11 is 0. The zero-order valence-electron chi connectivity index (χ0n) is 15.6. The number of aliphatic imine (C=N–C) groups is 2. The van der Waals surface area contributed by atoms with Crippen LogP contribution in [0.25, 0.3) is 0 Å². The van der Waals surface area contributed by atoms with Crippen LogP contribution in [0.15, 0.2) is 56.2 Å². The van der Waals surface area contributed by atoms with Crippen LogP contribution in [0.5, 0.6) is 11.5 Å². The smallest absolute Gasteiger partial charge is 0.294 e. The molecule has 0 saturated carbocycles. The van der Waals surface area contributed by atoms with Crippen molar-refractivity contribution in [1.82, 2.24) is 0 Å². The van der Waals surface area contributed by atoms with Crippen molar-refractivity contribution in [3.8, 4) is 11.5 Å². The predicted molar refractivity (Wildman–Crippen MR) is 110 cm³/mol. The van der Waals surface area contributed by atoms with Crippen molar-refractivity contribution in [2.24, 2.45) is 9.98 Å². The van der Waals surface area contributed by atoms with Gasteiger partial charge in [0.2, 0.25) is 0 Å². The highest BCUT2D eigenvalue weighted by Gasteiger charge is 2.12. The SMILES string of the molecule is O=S(=O)(O)c1ccc(O)c(C=NCCCCN=Cc2cc(S(=O)(=O)O)ccc2O)c1. The minimum absolute atomic E-state index is 0.150. The third-order valence-electron chi connectivity index (χ3n) is 3.88. The van der Waals surface area contributed by atoms with Crippen molar-refractivity contribution in [2.75, 3.05) is 13.1 Å². The molecule has 0 aromatic heterocycles. The minimum atomic E-state index is -4.38. The monoisotopic (exact) mass is 456 g/mol. The van der Waals surface area contributed by atoms with Gasteiger partial charge in [-0.2, -0.15) is 16.8 Å². The molecular weight excluding hydrogens is 436 g/mol. The molecule has 10 nitrogen and oxygen atoms in total. The molecule has 0 spiro atoms. The molecule has 0 unspecified atom stereocenters. The van der Waals surface area contributed by atoms with E-state index in [4.69, 9.17) is 9.11 Å². The Labute approximate surface area is 173 Å². The first-order valence-electron chi connectivity index (χ1n) is 8.59. The van der Waals surface area contributed by atoms with Crippen LogP contribution >= 0.6 is 0 Å². The summed E-state index contributed by atoms with van der Waals surface area (Å²) in [6.45, 7) is 0.739. The van der Waals surface area contributed by atoms with Gasteiger partial charge in [0.05, 0.1) is 9.79 Å². The normalized spacial score (nSPS) is 12.7. The summed E-state index contributed by atoms with van der Waals surface area (Å²) in [5, 5.41) is 19.4. The van der Waals surface area contributed by atoms with Gasteiger partial charge in [0.15, 0.2) is 0 Å². The van der Waals surface area contributed by atoms with E-state index in [0.717, 1.165) is 36.4 Å². The number of benzene rings is 2. The van der Waals surface area contributed by atoms with Crippen LogP contribution in [0.3, 0.4) is 0 Å². The van der Waals surface area contributed by atoms with Crippen LogP contribution in [-0.2, 0) is 20.2 Å². The lowest BCUT2D eigenvalue weighted by molar-refractivity contribution is 0.470. The molecule has 2 aromatic carbocycles. The lowest BCUT2D eigenvalue weighted by Crippen LogP contribution is -1.99. The Balaban J connectivity index is 1.86. The molecule has 30 heavy (non-hydrogen) atoms. The van der Waals surface area contributed by atoms with E-state index in [0.29, 0.717) is 25.9 Å². The van der Waals surface area contributed by atoms with Crippen LogP contribution < -0.4 is 0 Å². The van der Waals surface area contributed by atoms with E-state index in [1.54, 1.807) is 0 Å². The minimum Gasteiger partial charge on any atom is -0.507 e. The number of phenolic OH excluding ortho intramolecular Hbond substituents is 2. The van der Waals surface area contributed by atoms with E-state index < -0.39 is 20.2 Å². The first-order valence-corrected chi connectivity index (χ1v) is 11.5. The zero-order chi connectivity index (χ0) is 22.4. The number of rotatable bonds is 9. The standard InChI is InChI=1S/C18H20N2O8S2/c21-17-5-3-15(29(23,24)25)9-13(17)11-19-7-1-2-8-20-12-14-10-16(30(26,27)28)4-6-18(14)22/h3-6,9-12,21-22H,1-2,7-8H2,(H,23,24,25)(H,26,27,28). The molecule has 0 aliphatic heterocycles. The van der Waals surface area contributed by atoms with E-state index >= 15 is 0 Å². The van der Waals surface area contributed by atoms with Gasteiger partial charge in [0, 0.05) is 36.6 Å². The first kappa shape index (κ1) is 23.5. The number of nitrogens with zero attached hydrogens (tertiary/aromatic N) is 2. The van der Waals surface area contributed by atoms with Crippen molar-refractivity contribution in [1.29, 1.82) is 0 Å². The summed E-state index contributed by atoms with van der Waals surface area (Å²) in [6.07, 6.45) is 3.82. The number of unbranched alkanes of at least 4 members (excludes halogenated alkanes) is 1. The Bertz CT molecular complexity index is 1080. The molecule has 162 valence electrons. The molecule has 0 bridgehead atoms. The fourth-order valence-corrected chi connectivity index (χ4v) is 3.36. The van der Waals surface area contributed by atoms with Gasteiger partial charge < -0.3 is 10.2 Å². The van der Waals surface area contributed by atoms with E-state index in [1.165, 1.54) is 12.4 Å². The Hall–Kier alpha value is -2.80. The lowest BCUT2D eigenvalue weighted by atomic mass is 10.2. The van der Waals surface area contributed by atoms with Gasteiger partial charge in [0.1, 0.15) is 11.5 Å². The molecule has 0 heterocycles. The summed E-state index contributed by atoms with van der Waals surface area (Å²) in [7, 11) is -8.76. The van der Waals surface area contributed by atoms with Crippen LogP contribution in [-0.4, -0.2) is 61.7 Å². The number of aromatic hydroxyl groups is 2. The predicted octanol–water partition coefficient (Wildman–Crippen LogP) is 1.91. The summed E-state index contributed by atoms with van der Waals surface area (Å²) in [6, 6.07) is 6.64. The summed E-state index contributed by atoms with van der Waals surface area (Å²) in [5.41, 5.74) is 0.301. The third-order valence-corrected chi connectivity index (χ3v) is 5.58. The van der Waals surface area contributed by atoms with E-state index in [2.05, 4.69) is 9.98 Å². The quantitative estimate of drug-likeness (QED) is 0.251. The van der Waals surface area contributed by atoms with Crippen molar-refractivity contribution in [3.63, 3.8) is 0 Å². The molecule has 4 N–H and O–H groups in total. The second kappa shape index (κ2) is 9.80. The molecule has 0 aliphatic rings. The fourth-order valence-electron chi connectivity index (χ4n) is 2.32. The van der Waals surface area contributed by atoms with Crippen molar-refractivity contribution in [2.45, 2.75) is 22.6 Å². The molecule has 0 fully saturated rings. The highest BCUT2D eigenvalue weighted by Crippen LogP contribution is 2.20. The number of hydrogen-bond donors (Lipinski definition) is 4. The molecule has 0 aliphatic carbocycles. The molecule has 0 saturated heterocycles. The third kappa shape index (κ3) is 6.91. The van der Waals surface area contributed by atoms with Gasteiger partial charge in [0.25, 0.3) is 20.2 Å². The summed E-state index contributed by atoms with van der Waals surface area (Å²) < 4.78 is 62.5. The van der Waals surface area contributed by atoms with Crippen LogP contribution in [0.2, 0.25) is 0 Å². The van der Waals surface area contributed by atoms with E-state index in [1.807, 2.05) is 0 Å². The number of hydrogen-bond acceptors (Lipinski definition) is 8. The molecule has 2 aromatic rings. The summed E-state index contributed by atoms with van der Waals surface area (Å²) in [5.74, 6) is -0.356. The first-order chi connectivity index (χ1) is 14.0. The van der Waals surface area contributed by atoms with E-state index in [9.17, 15) is 27.0 Å². The average molecular weight is 456 g/mol. The molecule has 2 rings (SSSR count). The van der Waals surface area contributed by atoms with Crippen LogP contribution in [0.4, 0.5) is 0 Å². The maximum atomic E-state index is 11.1. The Morgan fingerprint density at radius 3 is 1.40 bits per heavy atom. The van der Waals surface area contributed by atoms with Crippen LogP contribution in [0, 0.1) is 0 Å². The highest BCUT2D eigenvalue weighted by atomic mass is 32.2. The van der Waals surface area contributed by atoms with Crippen LogP contribution in [0.1, 0.15) is 24.0 Å². The van der Waals surface area contributed by atoms with Crippen molar-refractivity contribution < 1.29 is 36.2 Å². The van der Waals surface area contributed by atoms with Gasteiger partial charge in [-0.25, -0.2) is 0 Å². The second-order valence-electron chi connectivity index (χ2n) is 6.17. The van der Waals surface area contributed by atoms with Gasteiger partial charge in [-0.15, -0.1) is 0 Å². The molecule has 0 radical (unpaired) electrons. The van der Waals surface area contributed by atoms with E-state index in [-0.39, 0.29) is 32.4 Å².